The number of rotatable bonds is 4. The van der Waals surface area contributed by atoms with E-state index >= 15 is 0 Å². The minimum absolute atomic E-state index is 0.474. The SMILES string of the molecule is CCc1nc(CC)n(C2CC(C)CCC2NC)n1. The van der Waals surface area contributed by atoms with Crippen LogP contribution in [0.4, 0.5) is 0 Å². The predicted molar refractivity (Wildman–Crippen MR) is 73.7 cm³/mol. The lowest BCUT2D eigenvalue weighted by Gasteiger charge is -2.35. The van der Waals surface area contributed by atoms with Crippen molar-refractivity contribution in [1.29, 1.82) is 0 Å². The first-order chi connectivity index (χ1) is 8.69. The summed E-state index contributed by atoms with van der Waals surface area (Å²) in [5.41, 5.74) is 0. The molecule has 0 aliphatic heterocycles. The molecule has 0 aromatic carbocycles. The number of hydrogen-bond donors (Lipinski definition) is 1. The molecule has 0 radical (unpaired) electrons. The van der Waals surface area contributed by atoms with E-state index in [2.05, 4.69) is 42.8 Å². The van der Waals surface area contributed by atoms with E-state index in [1.165, 1.54) is 19.3 Å². The molecule has 2 rings (SSSR count). The van der Waals surface area contributed by atoms with Crippen LogP contribution in [-0.4, -0.2) is 27.9 Å². The molecular weight excluding hydrogens is 224 g/mol. The highest BCUT2D eigenvalue weighted by Gasteiger charge is 2.31. The second kappa shape index (κ2) is 5.83. The Morgan fingerprint density at radius 3 is 2.67 bits per heavy atom. The van der Waals surface area contributed by atoms with E-state index in [9.17, 15) is 0 Å². The Labute approximate surface area is 110 Å². The van der Waals surface area contributed by atoms with Crippen molar-refractivity contribution in [2.45, 2.75) is 65.0 Å². The van der Waals surface area contributed by atoms with Crippen molar-refractivity contribution in [2.75, 3.05) is 7.05 Å². The van der Waals surface area contributed by atoms with Crippen LogP contribution in [0.3, 0.4) is 0 Å². The van der Waals surface area contributed by atoms with E-state index in [0.29, 0.717) is 12.1 Å². The van der Waals surface area contributed by atoms with Crippen LogP contribution in [0.1, 0.15) is 57.7 Å². The Balaban J connectivity index is 2.29. The fraction of sp³-hybridized carbons (Fsp3) is 0.857. The molecule has 102 valence electrons. The Morgan fingerprint density at radius 2 is 2.06 bits per heavy atom. The maximum atomic E-state index is 4.72. The highest BCUT2D eigenvalue weighted by molar-refractivity contribution is 4.98. The summed E-state index contributed by atoms with van der Waals surface area (Å²) in [6.45, 7) is 6.64. The van der Waals surface area contributed by atoms with Crippen LogP contribution in [-0.2, 0) is 12.8 Å². The normalized spacial score (nSPS) is 28.6. The number of aryl methyl sites for hydroxylation is 2. The average molecular weight is 250 g/mol. The maximum absolute atomic E-state index is 4.72. The molecule has 1 aliphatic rings. The summed E-state index contributed by atoms with van der Waals surface area (Å²) < 4.78 is 2.20. The van der Waals surface area contributed by atoms with Crippen LogP contribution in [0.5, 0.6) is 0 Å². The molecule has 3 atom stereocenters. The third kappa shape index (κ3) is 2.58. The van der Waals surface area contributed by atoms with Crippen molar-refractivity contribution in [2.24, 2.45) is 5.92 Å². The Bertz CT molecular complexity index is 385. The van der Waals surface area contributed by atoms with Crippen molar-refractivity contribution >= 4 is 0 Å². The maximum Gasteiger partial charge on any atom is 0.150 e. The van der Waals surface area contributed by atoms with E-state index in [1.54, 1.807) is 0 Å². The fourth-order valence-electron chi connectivity index (χ4n) is 3.02. The largest absolute Gasteiger partial charge is 0.315 e. The van der Waals surface area contributed by atoms with Crippen LogP contribution >= 0.6 is 0 Å². The molecule has 0 amide bonds. The zero-order valence-corrected chi connectivity index (χ0v) is 12.1. The number of hydrogen-bond acceptors (Lipinski definition) is 3. The van der Waals surface area contributed by atoms with Gasteiger partial charge in [-0.15, -0.1) is 0 Å². The highest BCUT2D eigenvalue weighted by atomic mass is 15.4. The lowest BCUT2D eigenvalue weighted by Crippen LogP contribution is -2.40. The van der Waals surface area contributed by atoms with Gasteiger partial charge in [-0.2, -0.15) is 5.10 Å². The van der Waals surface area contributed by atoms with Gasteiger partial charge in [-0.1, -0.05) is 20.8 Å². The van der Waals surface area contributed by atoms with Gasteiger partial charge in [0.1, 0.15) is 5.82 Å². The summed E-state index contributed by atoms with van der Waals surface area (Å²) in [4.78, 5) is 4.64. The first kappa shape index (κ1) is 13.5. The zero-order chi connectivity index (χ0) is 13.1. The van der Waals surface area contributed by atoms with E-state index in [1.807, 2.05) is 0 Å². The van der Waals surface area contributed by atoms with Crippen molar-refractivity contribution < 1.29 is 0 Å². The second-order valence-corrected chi connectivity index (χ2v) is 5.48. The topological polar surface area (TPSA) is 42.7 Å². The molecule has 4 heteroatoms. The van der Waals surface area contributed by atoms with Gasteiger partial charge >= 0.3 is 0 Å². The van der Waals surface area contributed by atoms with Crippen molar-refractivity contribution in [3.05, 3.63) is 11.6 Å². The van der Waals surface area contributed by atoms with Gasteiger partial charge in [-0.3, -0.25) is 0 Å². The Hall–Kier alpha value is -0.900. The van der Waals surface area contributed by atoms with Gasteiger partial charge in [0.2, 0.25) is 0 Å². The summed E-state index contributed by atoms with van der Waals surface area (Å²) >= 11 is 0. The number of nitrogens with zero attached hydrogens (tertiary/aromatic N) is 3. The molecule has 4 nitrogen and oxygen atoms in total. The van der Waals surface area contributed by atoms with Gasteiger partial charge in [0.05, 0.1) is 6.04 Å². The molecule has 1 fully saturated rings. The third-order valence-electron chi connectivity index (χ3n) is 4.14. The lowest BCUT2D eigenvalue weighted by molar-refractivity contribution is 0.206. The first-order valence-corrected chi connectivity index (χ1v) is 7.31. The molecule has 1 aromatic heterocycles. The van der Waals surface area contributed by atoms with Gasteiger partial charge in [-0.25, -0.2) is 9.67 Å². The van der Waals surface area contributed by atoms with E-state index in [4.69, 9.17) is 5.10 Å². The number of likely N-dealkylation sites (N-methyl/N-ethyl adjacent to an activating group) is 1. The highest BCUT2D eigenvalue weighted by Crippen LogP contribution is 2.32. The van der Waals surface area contributed by atoms with Gasteiger partial charge in [-0.05, 0) is 32.2 Å². The number of aromatic nitrogens is 3. The van der Waals surface area contributed by atoms with Crippen LogP contribution in [0.2, 0.25) is 0 Å². The van der Waals surface area contributed by atoms with Crippen LogP contribution in [0.15, 0.2) is 0 Å². The predicted octanol–water partition coefficient (Wildman–Crippen LogP) is 2.35. The summed E-state index contributed by atoms with van der Waals surface area (Å²) in [6, 6.07) is 1.01. The first-order valence-electron chi connectivity index (χ1n) is 7.31. The van der Waals surface area contributed by atoms with Crippen molar-refractivity contribution in [3.63, 3.8) is 0 Å². The molecule has 1 aromatic rings. The Morgan fingerprint density at radius 1 is 1.28 bits per heavy atom. The van der Waals surface area contributed by atoms with Crippen molar-refractivity contribution in [3.8, 4) is 0 Å². The molecule has 0 spiro atoms. The third-order valence-corrected chi connectivity index (χ3v) is 4.14. The minimum Gasteiger partial charge on any atom is -0.315 e. The van der Waals surface area contributed by atoms with E-state index < -0.39 is 0 Å². The van der Waals surface area contributed by atoms with Gasteiger partial charge in [0.15, 0.2) is 5.82 Å². The fourth-order valence-corrected chi connectivity index (χ4v) is 3.02. The van der Waals surface area contributed by atoms with Crippen LogP contribution in [0.25, 0.3) is 0 Å². The van der Waals surface area contributed by atoms with E-state index in [-0.39, 0.29) is 0 Å². The quantitative estimate of drug-likeness (QED) is 0.892. The minimum atomic E-state index is 0.474. The molecule has 3 unspecified atom stereocenters. The molecule has 0 saturated heterocycles. The summed E-state index contributed by atoms with van der Waals surface area (Å²) in [6.07, 6.45) is 5.66. The summed E-state index contributed by atoms with van der Waals surface area (Å²) in [5.74, 6) is 2.92. The molecule has 18 heavy (non-hydrogen) atoms. The molecule has 1 saturated carbocycles. The second-order valence-electron chi connectivity index (χ2n) is 5.48. The molecule has 0 bridgehead atoms. The summed E-state index contributed by atoms with van der Waals surface area (Å²) in [7, 11) is 2.07. The Kier molecular flexibility index (Phi) is 4.38. The molecular formula is C14H26N4. The van der Waals surface area contributed by atoms with Crippen molar-refractivity contribution in [1.82, 2.24) is 20.1 Å². The van der Waals surface area contributed by atoms with Gasteiger partial charge < -0.3 is 5.32 Å². The van der Waals surface area contributed by atoms with Gasteiger partial charge in [0, 0.05) is 18.9 Å². The average Bonchev–Trinajstić information content (AvgIpc) is 2.81. The summed E-state index contributed by atoms with van der Waals surface area (Å²) in [5, 5.41) is 8.18. The standard InChI is InChI=1S/C14H26N4/c1-5-13-16-14(6-2)18(17-13)12-9-10(3)7-8-11(12)15-4/h10-12,15H,5-9H2,1-4H3. The van der Waals surface area contributed by atoms with Crippen LogP contribution < -0.4 is 5.32 Å². The molecule has 1 heterocycles. The molecule has 1 aliphatic carbocycles. The molecule has 1 N–H and O–H groups in total. The zero-order valence-electron chi connectivity index (χ0n) is 12.1. The smallest absolute Gasteiger partial charge is 0.150 e. The van der Waals surface area contributed by atoms with E-state index in [0.717, 1.165) is 30.4 Å². The number of nitrogens with one attached hydrogen (secondary N) is 1. The lowest BCUT2D eigenvalue weighted by atomic mass is 9.83. The van der Waals surface area contributed by atoms with Crippen LogP contribution in [0, 0.1) is 5.92 Å². The van der Waals surface area contributed by atoms with Gasteiger partial charge in [0.25, 0.3) is 0 Å². The monoisotopic (exact) mass is 250 g/mol.